The lowest BCUT2D eigenvalue weighted by molar-refractivity contribution is 0.344. The molecule has 78 valence electrons. The Bertz CT molecular complexity index is 276. The lowest BCUT2D eigenvalue weighted by Gasteiger charge is -2.08. The van der Waals surface area contributed by atoms with Crippen LogP contribution in [0.15, 0.2) is 24.3 Å². The average molecular weight is 258 g/mol. The van der Waals surface area contributed by atoms with Crippen molar-refractivity contribution in [2.45, 2.75) is 19.4 Å². The number of ether oxygens (including phenoxy) is 1. The fourth-order valence-electron chi connectivity index (χ4n) is 1.29. The van der Waals surface area contributed by atoms with Crippen molar-refractivity contribution in [2.24, 2.45) is 5.73 Å². The van der Waals surface area contributed by atoms with Gasteiger partial charge >= 0.3 is 0 Å². The van der Waals surface area contributed by atoms with Crippen LogP contribution in [0.25, 0.3) is 0 Å². The Morgan fingerprint density at radius 1 is 1.50 bits per heavy atom. The van der Waals surface area contributed by atoms with Gasteiger partial charge in [-0.2, -0.15) is 0 Å². The zero-order valence-corrected chi connectivity index (χ0v) is 9.96. The number of hydrogen-bond acceptors (Lipinski definition) is 2. The van der Waals surface area contributed by atoms with Gasteiger partial charge in [0.05, 0.1) is 6.61 Å². The van der Waals surface area contributed by atoms with Gasteiger partial charge in [-0.1, -0.05) is 28.1 Å². The molecule has 0 spiro atoms. The van der Waals surface area contributed by atoms with Gasteiger partial charge < -0.3 is 10.5 Å². The summed E-state index contributed by atoms with van der Waals surface area (Å²) in [7, 11) is 0. The van der Waals surface area contributed by atoms with Crippen molar-refractivity contribution >= 4 is 15.9 Å². The molecule has 0 aromatic heterocycles. The van der Waals surface area contributed by atoms with Crippen LogP contribution in [0.5, 0.6) is 5.75 Å². The van der Waals surface area contributed by atoms with Gasteiger partial charge in [0.25, 0.3) is 0 Å². The predicted octanol–water partition coefficient (Wildman–Crippen LogP) is 2.35. The summed E-state index contributed by atoms with van der Waals surface area (Å²) < 4.78 is 5.49. The average Bonchev–Trinajstić information content (AvgIpc) is 2.14. The van der Waals surface area contributed by atoms with Crippen LogP contribution in [-0.2, 0) is 6.42 Å². The standard InChI is InChI=1S/C11H16BrNO/c1-9(13)7-10-3-2-4-11(8-10)14-6-5-12/h2-4,8-9H,5-7,13H2,1H3. The lowest BCUT2D eigenvalue weighted by Crippen LogP contribution is -2.17. The SMILES string of the molecule is CC(N)Cc1cccc(OCCBr)c1. The smallest absolute Gasteiger partial charge is 0.119 e. The number of hydrogen-bond donors (Lipinski definition) is 1. The van der Waals surface area contributed by atoms with E-state index in [1.165, 1.54) is 5.56 Å². The van der Waals surface area contributed by atoms with E-state index in [4.69, 9.17) is 10.5 Å². The number of halogens is 1. The minimum atomic E-state index is 0.196. The second-order valence-corrected chi connectivity index (χ2v) is 4.16. The summed E-state index contributed by atoms with van der Waals surface area (Å²) in [5.41, 5.74) is 6.96. The van der Waals surface area contributed by atoms with Crippen LogP contribution in [0.3, 0.4) is 0 Å². The summed E-state index contributed by atoms with van der Waals surface area (Å²) in [4.78, 5) is 0. The maximum absolute atomic E-state index is 5.73. The van der Waals surface area contributed by atoms with E-state index >= 15 is 0 Å². The van der Waals surface area contributed by atoms with Crippen LogP contribution in [0.2, 0.25) is 0 Å². The summed E-state index contributed by atoms with van der Waals surface area (Å²) in [6.45, 7) is 2.70. The number of rotatable bonds is 5. The van der Waals surface area contributed by atoms with Gasteiger partial charge in [-0.05, 0) is 31.0 Å². The van der Waals surface area contributed by atoms with Gasteiger partial charge in [-0.15, -0.1) is 0 Å². The Kier molecular flexibility index (Phi) is 4.98. The van der Waals surface area contributed by atoms with E-state index < -0.39 is 0 Å². The molecule has 3 heteroatoms. The largest absolute Gasteiger partial charge is 0.493 e. The van der Waals surface area contributed by atoms with Crippen molar-refractivity contribution < 1.29 is 4.74 Å². The molecule has 0 fully saturated rings. The molecule has 0 saturated heterocycles. The first kappa shape index (κ1) is 11.5. The summed E-state index contributed by atoms with van der Waals surface area (Å²) >= 11 is 3.32. The van der Waals surface area contributed by atoms with Crippen LogP contribution in [0.4, 0.5) is 0 Å². The van der Waals surface area contributed by atoms with Gasteiger partial charge in [0.2, 0.25) is 0 Å². The highest BCUT2D eigenvalue weighted by Crippen LogP contribution is 2.14. The zero-order valence-electron chi connectivity index (χ0n) is 8.37. The molecule has 0 heterocycles. The Hall–Kier alpha value is -0.540. The third-order valence-corrected chi connectivity index (χ3v) is 2.13. The number of alkyl halides is 1. The lowest BCUT2D eigenvalue weighted by atomic mass is 10.1. The molecule has 1 aromatic carbocycles. The van der Waals surface area contributed by atoms with Crippen LogP contribution < -0.4 is 10.5 Å². The molecule has 0 bridgehead atoms. The first-order chi connectivity index (χ1) is 6.72. The molecule has 1 unspecified atom stereocenters. The van der Waals surface area contributed by atoms with Gasteiger partial charge in [-0.25, -0.2) is 0 Å². The normalized spacial score (nSPS) is 12.5. The summed E-state index contributed by atoms with van der Waals surface area (Å²) in [6.07, 6.45) is 0.894. The fourth-order valence-corrected chi connectivity index (χ4v) is 1.45. The maximum atomic E-state index is 5.73. The molecular weight excluding hydrogens is 242 g/mol. The third kappa shape index (κ3) is 4.11. The minimum absolute atomic E-state index is 0.196. The Morgan fingerprint density at radius 2 is 2.29 bits per heavy atom. The summed E-state index contributed by atoms with van der Waals surface area (Å²) in [6, 6.07) is 8.28. The molecule has 0 aliphatic carbocycles. The topological polar surface area (TPSA) is 35.2 Å². The molecule has 1 rings (SSSR count). The van der Waals surface area contributed by atoms with E-state index in [0.29, 0.717) is 6.61 Å². The van der Waals surface area contributed by atoms with Crippen molar-refractivity contribution in [2.75, 3.05) is 11.9 Å². The molecule has 0 saturated carbocycles. The van der Waals surface area contributed by atoms with Crippen molar-refractivity contribution in [1.82, 2.24) is 0 Å². The zero-order chi connectivity index (χ0) is 10.4. The van der Waals surface area contributed by atoms with Crippen LogP contribution >= 0.6 is 15.9 Å². The first-order valence-corrected chi connectivity index (χ1v) is 5.88. The molecule has 14 heavy (non-hydrogen) atoms. The Labute approximate surface area is 93.6 Å². The minimum Gasteiger partial charge on any atom is -0.493 e. The molecule has 1 aromatic rings. The molecule has 0 aliphatic heterocycles. The highest BCUT2D eigenvalue weighted by Gasteiger charge is 1.99. The van der Waals surface area contributed by atoms with E-state index in [1.54, 1.807) is 0 Å². The van der Waals surface area contributed by atoms with Crippen molar-refractivity contribution in [3.05, 3.63) is 29.8 Å². The molecule has 2 nitrogen and oxygen atoms in total. The van der Waals surface area contributed by atoms with Gasteiger partial charge in [0.1, 0.15) is 5.75 Å². The predicted molar refractivity (Wildman–Crippen MR) is 63.1 cm³/mol. The Balaban J connectivity index is 2.59. The number of nitrogens with two attached hydrogens (primary N) is 1. The van der Waals surface area contributed by atoms with Gasteiger partial charge in [-0.3, -0.25) is 0 Å². The van der Waals surface area contributed by atoms with E-state index in [-0.39, 0.29) is 6.04 Å². The molecule has 1 atom stereocenters. The highest BCUT2D eigenvalue weighted by molar-refractivity contribution is 9.09. The van der Waals surface area contributed by atoms with Crippen molar-refractivity contribution in [3.8, 4) is 5.75 Å². The molecule has 2 N–H and O–H groups in total. The summed E-state index contributed by atoms with van der Waals surface area (Å²) in [5, 5.41) is 0.852. The van der Waals surface area contributed by atoms with Crippen molar-refractivity contribution in [1.29, 1.82) is 0 Å². The van der Waals surface area contributed by atoms with Crippen LogP contribution in [0.1, 0.15) is 12.5 Å². The van der Waals surface area contributed by atoms with E-state index in [1.807, 2.05) is 25.1 Å². The monoisotopic (exact) mass is 257 g/mol. The quantitative estimate of drug-likeness (QED) is 0.823. The van der Waals surface area contributed by atoms with Gasteiger partial charge in [0, 0.05) is 11.4 Å². The van der Waals surface area contributed by atoms with E-state index in [2.05, 4.69) is 22.0 Å². The van der Waals surface area contributed by atoms with Crippen molar-refractivity contribution in [3.63, 3.8) is 0 Å². The highest BCUT2D eigenvalue weighted by atomic mass is 79.9. The molecule has 0 radical (unpaired) electrons. The van der Waals surface area contributed by atoms with E-state index in [9.17, 15) is 0 Å². The third-order valence-electron chi connectivity index (χ3n) is 1.80. The molecule has 0 aliphatic rings. The summed E-state index contributed by atoms with van der Waals surface area (Å²) in [5.74, 6) is 0.919. The van der Waals surface area contributed by atoms with E-state index in [0.717, 1.165) is 17.5 Å². The maximum Gasteiger partial charge on any atom is 0.119 e. The first-order valence-electron chi connectivity index (χ1n) is 4.75. The Morgan fingerprint density at radius 3 is 2.93 bits per heavy atom. The van der Waals surface area contributed by atoms with Crippen LogP contribution in [0, 0.1) is 0 Å². The van der Waals surface area contributed by atoms with Crippen LogP contribution in [-0.4, -0.2) is 18.0 Å². The fraction of sp³-hybridized carbons (Fsp3) is 0.455. The number of benzene rings is 1. The second-order valence-electron chi connectivity index (χ2n) is 3.37. The molecular formula is C11H16BrNO. The van der Waals surface area contributed by atoms with Gasteiger partial charge in [0.15, 0.2) is 0 Å². The molecule has 0 amide bonds. The second kappa shape index (κ2) is 6.04.